The van der Waals surface area contributed by atoms with Gasteiger partial charge in [-0.25, -0.2) is 13.4 Å². The molecule has 1 saturated heterocycles. The van der Waals surface area contributed by atoms with Crippen LogP contribution >= 0.6 is 0 Å². The maximum absolute atomic E-state index is 13.6. The molecule has 7 nitrogen and oxygen atoms in total. The maximum atomic E-state index is 13.6. The topological polar surface area (TPSA) is 96.4 Å². The van der Waals surface area contributed by atoms with Crippen molar-refractivity contribution in [3.05, 3.63) is 84.6 Å². The van der Waals surface area contributed by atoms with E-state index in [2.05, 4.69) is 24.1 Å². The fraction of sp³-hybridized carbons (Fsp3) is 0.367. The van der Waals surface area contributed by atoms with E-state index in [1.165, 1.54) is 16.6 Å². The predicted octanol–water partition coefficient (Wildman–Crippen LogP) is 4.81. The third kappa shape index (κ3) is 6.37. The molecule has 3 aromatic rings. The number of aromatic nitrogens is 1. The van der Waals surface area contributed by atoms with Gasteiger partial charge in [-0.2, -0.15) is 4.31 Å². The van der Waals surface area contributed by atoms with Crippen molar-refractivity contribution < 1.29 is 18.0 Å². The Morgan fingerprint density at radius 1 is 1.00 bits per heavy atom. The van der Waals surface area contributed by atoms with E-state index in [4.69, 9.17) is 0 Å². The van der Waals surface area contributed by atoms with E-state index in [1.807, 2.05) is 54.6 Å². The maximum Gasteiger partial charge on any atom is 0.261 e. The summed E-state index contributed by atoms with van der Waals surface area (Å²) in [7, 11) is -3.94. The predicted molar refractivity (Wildman–Crippen MR) is 148 cm³/mol. The first-order chi connectivity index (χ1) is 18.2. The molecule has 0 spiro atoms. The Morgan fingerprint density at radius 3 is 2.39 bits per heavy atom. The normalized spacial score (nSPS) is 19.6. The van der Waals surface area contributed by atoms with Crippen LogP contribution in [-0.4, -0.2) is 48.0 Å². The van der Waals surface area contributed by atoms with Crippen LogP contribution in [0.25, 0.3) is 11.1 Å². The Balaban J connectivity index is 1.54. The van der Waals surface area contributed by atoms with Crippen LogP contribution in [0.1, 0.15) is 51.5 Å². The van der Waals surface area contributed by atoms with Crippen molar-refractivity contribution in [2.45, 2.75) is 63.1 Å². The van der Waals surface area contributed by atoms with Crippen LogP contribution in [0.5, 0.6) is 0 Å². The quantitative estimate of drug-likeness (QED) is 0.449. The van der Waals surface area contributed by atoms with Gasteiger partial charge in [-0.3, -0.25) is 9.59 Å². The number of hydrogen-bond donors (Lipinski definition) is 1. The molecule has 2 heterocycles. The number of pyridine rings is 1. The van der Waals surface area contributed by atoms with E-state index in [1.54, 1.807) is 19.1 Å². The zero-order valence-corrected chi connectivity index (χ0v) is 22.9. The second-order valence-corrected chi connectivity index (χ2v) is 12.2. The van der Waals surface area contributed by atoms with Gasteiger partial charge in [0.05, 0.1) is 18.5 Å². The first-order valence-corrected chi connectivity index (χ1v) is 14.5. The lowest BCUT2D eigenvalue weighted by Crippen LogP contribution is -2.46. The zero-order valence-electron chi connectivity index (χ0n) is 22.1. The summed E-state index contributed by atoms with van der Waals surface area (Å²) in [4.78, 5) is 30.9. The van der Waals surface area contributed by atoms with E-state index in [0.29, 0.717) is 19.3 Å². The summed E-state index contributed by atoms with van der Waals surface area (Å²) in [6.45, 7) is 5.62. The van der Waals surface area contributed by atoms with E-state index < -0.39 is 28.0 Å². The zero-order chi connectivity index (χ0) is 27.3. The second kappa shape index (κ2) is 12.0. The molecule has 8 heteroatoms. The molecule has 200 valence electrons. The minimum atomic E-state index is -3.94. The Kier molecular flexibility index (Phi) is 8.74. The molecule has 4 rings (SSSR count). The number of amides is 1. The lowest BCUT2D eigenvalue weighted by Gasteiger charge is -2.25. The van der Waals surface area contributed by atoms with Gasteiger partial charge >= 0.3 is 0 Å². The summed E-state index contributed by atoms with van der Waals surface area (Å²) >= 11 is 0. The summed E-state index contributed by atoms with van der Waals surface area (Å²) in [6.07, 6.45) is 2.86. The smallest absolute Gasteiger partial charge is 0.261 e. The summed E-state index contributed by atoms with van der Waals surface area (Å²) in [5, 5.41) is 2.89. The SMILES string of the molecule is CC(C)C[C@@H](C(=O)N[C@H]1CC[C@@H](C)N(S(=O)(=O)c2ccccn2)CC1=O)c1cccc(-c2ccccc2)c1. The summed E-state index contributed by atoms with van der Waals surface area (Å²) in [5.74, 6) is -0.699. The van der Waals surface area contributed by atoms with Gasteiger partial charge in [0.2, 0.25) is 5.91 Å². The number of nitrogens with zero attached hydrogens (tertiary/aromatic N) is 2. The van der Waals surface area contributed by atoms with E-state index in [0.717, 1.165) is 16.7 Å². The van der Waals surface area contributed by atoms with Crippen LogP contribution in [0, 0.1) is 5.92 Å². The molecule has 2 aromatic carbocycles. The Morgan fingerprint density at radius 2 is 1.71 bits per heavy atom. The highest BCUT2D eigenvalue weighted by Gasteiger charge is 2.38. The van der Waals surface area contributed by atoms with E-state index in [-0.39, 0.29) is 29.2 Å². The standard InChI is InChI=1S/C30H35N3O4S/c1-21(2)18-26(25-13-9-12-24(19-25)23-10-5-4-6-11-23)30(35)32-27-16-15-22(3)33(20-28(27)34)38(36,37)29-14-7-8-17-31-29/h4-14,17,19,21-22,26-27H,15-16,18,20H2,1-3H3,(H,32,35)/t22-,26-,27+/m1/s1. The summed E-state index contributed by atoms with van der Waals surface area (Å²) in [6, 6.07) is 21.5. The van der Waals surface area contributed by atoms with Crippen LogP contribution in [0.4, 0.5) is 0 Å². The number of sulfonamides is 1. The van der Waals surface area contributed by atoms with Crippen LogP contribution in [0.2, 0.25) is 0 Å². The third-order valence-corrected chi connectivity index (χ3v) is 8.89. The van der Waals surface area contributed by atoms with Crippen LogP contribution in [-0.2, 0) is 19.6 Å². The van der Waals surface area contributed by atoms with Crippen molar-refractivity contribution in [2.75, 3.05) is 6.54 Å². The largest absolute Gasteiger partial charge is 0.346 e. The molecular weight excluding hydrogens is 498 g/mol. The van der Waals surface area contributed by atoms with Crippen molar-refractivity contribution in [1.29, 1.82) is 0 Å². The molecule has 0 radical (unpaired) electrons. The van der Waals surface area contributed by atoms with Crippen LogP contribution in [0.3, 0.4) is 0 Å². The Labute approximate surface area is 225 Å². The minimum absolute atomic E-state index is 0.0857. The number of benzene rings is 2. The van der Waals surface area contributed by atoms with Gasteiger partial charge in [0.25, 0.3) is 10.0 Å². The molecule has 1 aromatic heterocycles. The van der Waals surface area contributed by atoms with Crippen molar-refractivity contribution >= 4 is 21.7 Å². The molecule has 0 saturated carbocycles. The third-order valence-electron chi connectivity index (χ3n) is 7.01. The molecule has 0 unspecified atom stereocenters. The van der Waals surface area contributed by atoms with E-state index >= 15 is 0 Å². The second-order valence-electron chi connectivity index (χ2n) is 10.3. The summed E-state index contributed by atoms with van der Waals surface area (Å²) in [5.41, 5.74) is 2.99. The highest BCUT2D eigenvalue weighted by atomic mass is 32.2. The van der Waals surface area contributed by atoms with Crippen LogP contribution < -0.4 is 5.32 Å². The molecule has 38 heavy (non-hydrogen) atoms. The fourth-order valence-corrected chi connectivity index (χ4v) is 6.49. The number of rotatable bonds is 8. The number of nitrogens with one attached hydrogen (secondary N) is 1. The molecule has 1 aliphatic rings. The fourth-order valence-electron chi connectivity index (χ4n) is 4.93. The molecule has 1 aliphatic heterocycles. The van der Waals surface area contributed by atoms with Crippen molar-refractivity contribution in [2.24, 2.45) is 5.92 Å². The molecule has 1 fully saturated rings. The summed E-state index contributed by atoms with van der Waals surface area (Å²) < 4.78 is 27.6. The number of carbonyl (C=O) groups excluding carboxylic acids is 2. The molecule has 3 atom stereocenters. The van der Waals surface area contributed by atoms with Gasteiger partial charge in [-0.1, -0.05) is 74.5 Å². The minimum Gasteiger partial charge on any atom is -0.346 e. The first kappa shape index (κ1) is 27.7. The van der Waals surface area contributed by atoms with Gasteiger partial charge in [-0.15, -0.1) is 0 Å². The molecular formula is C30H35N3O4S. The van der Waals surface area contributed by atoms with Gasteiger partial charge in [0.1, 0.15) is 0 Å². The molecule has 0 aliphatic carbocycles. The van der Waals surface area contributed by atoms with Gasteiger partial charge in [0, 0.05) is 12.2 Å². The van der Waals surface area contributed by atoms with Crippen molar-refractivity contribution in [1.82, 2.24) is 14.6 Å². The number of carbonyl (C=O) groups is 2. The number of hydrogen-bond acceptors (Lipinski definition) is 5. The lowest BCUT2D eigenvalue weighted by molar-refractivity contribution is -0.128. The molecule has 1 N–H and O–H groups in total. The van der Waals surface area contributed by atoms with Gasteiger partial charge < -0.3 is 5.32 Å². The highest BCUT2D eigenvalue weighted by Crippen LogP contribution is 2.29. The number of Topliss-reactive ketones (excluding diaryl/α,β-unsaturated/α-hetero) is 1. The average molecular weight is 534 g/mol. The van der Waals surface area contributed by atoms with Crippen LogP contribution in [0.15, 0.2) is 84.0 Å². The Hall–Kier alpha value is -3.36. The van der Waals surface area contributed by atoms with Crippen molar-refractivity contribution in [3.8, 4) is 11.1 Å². The molecule has 1 amide bonds. The van der Waals surface area contributed by atoms with Gasteiger partial charge in [0.15, 0.2) is 10.8 Å². The van der Waals surface area contributed by atoms with Crippen molar-refractivity contribution in [3.63, 3.8) is 0 Å². The Bertz CT molecular complexity index is 1360. The number of ketones is 1. The average Bonchev–Trinajstić information content (AvgIpc) is 3.06. The first-order valence-electron chi connectivity index (χ1n) is 13.1. The van der Waals surface area contributed by atoms with E-state index in [9.17, 15) is 18.0 Å². The molecule has 0 bridgehead atoms. The highest BCUT2D eigenvalue weighted by molar-refractivity contribution is 7.89. The van der Waals surface area contributed by atoms with Gasteiger partial charge in [-0.05, 0) is 60.9 Å². The monoisotopic (exact) mass is 533 g/mol. The lowest BCUT2D eigenvalue weighted by atomic mass is 9.87.